The third-order valence-electron chi connectivity index (χ3n) is 5.46. The number of nitrogens with zero attached hydrogens (tertiary/aromatic N) is 1. The second-order valence-corrected chi connectivity index (χ2v) is 9.38. The monoisotopic (exact) mass is 434 g/mol. The Balaban J connectivity index is 1.92. The first-order valence-corrected chi connectivity index (χ1v) is 10.6. The summed E-state index contributed by atoms with van der Waals surface area (Å²) in [6, 6.07) is 3.91. The fourth-order valence-corrected chi connectivity index (χ4v) is 6.02. The van der Waals surface area contributed by atoms with E-state index in [0.717, 1.165) is 12.1 Å². The van der Waals surface area contributed by atoms with E-state index in [1.165, 1.54) is 11.0 Å². The normalized spacial score (nSPS) is 25.8. The first kappa shape index (κ1) is 21.6. The smallest absolute Gasteiger partial charge is 0.378 e. The molecule has 2 aliphatic rings. The summed E-state index contributed by atoms with van der Waals surface area (Å²) in [5.74, 6) is -3.29. The van der Waals surface area contributed by atoms with Crippen molar-refractivity contribution in [1.29, 1.82) is 0 Å². The van der Waals surface area contributed by atoms with Crippen molar-refractivity contribution in [1.82, 2.24) is 4.90 Å². The van der Waals surface area contributed by atoms with E-state index in [-0.39, 0.29) is 12.8 Å². The highest BCUT2D eigenvalue weighted by Crippen LogP contribution is 2.42. The number of benzene rings is 1. The van der Waals surface area contributed by atoms with Crippen LogP contribution in [0, 0.1) is 11.8 Å². The number of hydrogen-bond donors (Lipinski definition) is 1. The molecule has 3 atom stereocenters. The van der Waals surface area contributed by atoms with E-state index in [1.54, 1.807) is 0 Å². The molecule has 0 spiro atoms. The van der Waals surface area contributed by atoms with Gasteiger partial charge in [-0.25, -0.2) is 8.42 Å². The molecule has 29 heavy (non-hydrogen) atoms. The lowest BCUT2D eigenvalue weighted by atomic mass is 9.94. The van der Waals surface area contributed by atoms with Crippen LogP contribution in [-0.2, 0) is 30.3 Å². The maximum Gasteiger partial charge on any atom is 0.417 e. The number of halogens is 3. The zero-order valence-electron chi connectivity index (χ0n) is 15.4. The van der Waals surface area contributed by atoms with Gasteiger partial charge in [0.2, 0.25) is 11.8 Å². The van der Waals surface area contributed by atoms with Crippen molar-refractivity contribution in [3.63, 3.8) is 0 Å². The van der Waals surface area contributed by atoms with Crippen LogP contribution in [0.4, 0.5) is 13.2 Å². The number of alkyl halides is 3. The van der Waals surface area contributed by atoms with Crippen LogP contribution in [0.3, 0.4) is 0 Å². The Kier molecular flexibility index (Phi) is 5.91. The lowest BCUT2D eigenvalue weighted by molar-refractivity contribution is -0.143. The highest BCUT2D eigenvalue weighted by Gasteiger charge is 2.49. The standard InChI is InChI=1S/C18H21F3N2O5S/c19-18(20,21)14-3-1-2-4-15(14)29(26,27)11-9-12(16(22)24)13(10-11)17(25)23-5-7-28-8-6-23/h1-4,11-13H,5-10H2,(H2,22,24)/t11-,12-,13-/m1/s1. The summed E-state index contributed by atoms with van der Waals surface area (Å²) < 4.78 is 71.1. The van der Waals surface area contributed by atoms with E-state index in [9.17, 15) is 31.2 Å². The first-order chi connectivity index (χ1) is 13.5. The molecule has 11 heteroatoms. The van der Waals surface area contributed by atoms with E-state index < -0.39 is 55.4 Å². The van der Waals surface area contributed by atoms with Crippen LogP contribution < -0.4 is 5.73 Å². The minimum absolute atomic E-state index is 0.252. The molecule has 1 aliphatic heterocycles. The molecule has 1 aromatic carbocycles. The van der Waals surface area contributed by atoms with Crippen molar-refractivity contribution < 1.29 is 35.9 Å². The van der Waals surface area contributed by atoms with Gasteiger partial charge >= 0.3 is 6.18 Å². The highest BCUT2D eigenvalue weighted by molar-refractivity contribution is 7.92. The topological polar surface area (TPSA) is 107 Å². The second-order valence-electron chi connectivity index (χ2n) is 7.19. The number of amides is 2. The van der Waals surface area contributed by atoms with Crippen LogP contribution in [0.1, 0.15) is 18.4 Å². The molecule has 2 amide bonds. The molecule has 0 aromatic heterocycles. The van der Waals surface area contributed by atoms with E-state index >= 15 is 0 Å². The summed E-state index contributed by atoms with van der Waals surface area (Å²) in [6.45, 7) is 1.24. The molecule has 1 aromatic rings. The van der Waals surface area contributed by atoms with Crippen molar-refractivity contribution in [3.8, 4) is 0 Å². The number of rotatable bonds is 4. The Morgan fingerprint density at radius 3 is 2.24 bits per heavy atom. The Morgan fingerprint density at radius 1 is 1.07 bits per heavy atom. The molecule has 0 bridgehead atoms. The van der Waals surface area contributed by atoms with Gasteiger partial charge in [-0.3, -0.25) is 9.59 Å². The Morgan fingerprint density at radius 2 is 1.66 bits per heavy atom. The number of carbonyl (C=O) groups is 2. The summed E-state index contributed by atoms with van der Waals surface area (Å²) in [6.07, 6.45) is -5.39. The average molecular weight is 434 g/mol. The number of nitrogens with two attached hydrogens (primary N) is 1. The lowest BCUT2D eigenvalue weighted by Gasteiger charge is -2.30. The number of primary amides is 1. The van der Waals surface area contributed by atoms with E-state index in [0.29, 0.717) is 32.4 Å². The van der Waals surface area contributed by atoms with Gasteiger partial charge in [0.1, 0.15) is 0 Å². The zero-order chi connectivity index (χ0) is 21.4. The van der Waals surface area contributed by atoms with Gasteiger partial charge in [0.15, 0.2) is 9.84 Å². The van der Waals surface area contributed by atoms with Gasteiger partial charge in [-0.2, -0.15) is 13.2 Å². The van der Waals surface area contributed by atoms with Crippen LogP contribution in [0.5, 0.6) is 0 Å². The summed E-state index contributed by atoms with van der Waals surface area (Å²) in [7, 11) is -4.44. The minimum Gasteiger partial charge on any atom is -0.378 e. The molecule has 3 rings (SSSR count). The highest BCUT2D eigenvalue weighted by atomic mass is 32.2. The number of morpholine rings is 1. The Labute approximate surface area is 165 Å². The summed E-state index contributed by atoms with van der Waals surface area (Å²) in [5.41, 5.74) is 4.12. The molecule has 1 aliphatic carbocycles. The molecule has 160 valence electrons. The third kappa shape index (κ3) is 4.25. The van der Waals surface area contributed by atoms with Gasteiger partial charge in [0.25, 0.3) is 0 Å². The summed E-state index contributed by atoms with van der Waals surface area (Å²) in [5, 5.41) is -1.31. The van der Waals surface area contributed by atoms with E-state index in [2.05, 4.69) is 0 Å². The zero-order valence-corrected chi connectivity index (χ0v) is 16.2. The van der Waals surface area contributed by atoms with Crippen molar-refractivity contribution in [2.24, 2.45) is 17.6 Å². The molecule has 2 fully saturated rings. The minimum atomic E-state index is -4.85. The molecule has 7 nitrogen and oxygen atoms in total. The van der Waals surface area contributed by atoms with Crippen LogP contribution in [0.2, 0.25) is 0 Å². The van der Waals surface area contributed by atoms with Gasteiger partial charge < -0.3 is 15.4 Å². The summed E-state index contributed by atoms with van der Waals surface area (Å²) in [4.78, 5) is 25.4. The van der Waals surface area contributed by atoms with Crippen molar-refractivity contribution in [2.45, 2.75) is 29.2 Å². The second kappa shape index (κ2) is 7.94. The van der Waals surface area contributed by atoms with Crippen LogP contribution in [0.25, 0.3) is 0 Å². The van der Waals surface area contributed by atoms with Crippen molar-refractivity contribution >= 4 is 21.7 Å². The van der Waals surface area contributed by atoms with Gasteiger partial charge in [0.05, 0.1) is 40.8 Å². The molecular formula is C18H21F3N2O5S. The largest absolute Gasteiger partial charge is 0.417 e. The molecule has 2 N–H and O–H groups in total. The van der Waals surface area contributed by atoms with Crippen LogP contribution >= 0.6 is 0 Å². The van der Waals surface area contributed by atoms with Crippen molar-refractivity contribution in [3.05, 3.63) is 29.8 Å². The van der Waals surface area contributed by atoms with Crippen molar-refractivity contribution in [2.75, 3.05) is 26.3 Å². The lowest BCUT2D eigenvalue weighted by Crippen LogP contribution is -2.46. The predicted octanol–water partition coefficient (Wildman–Crippen LogP) is 1.22. The maximum absolute atomic E-state index is 13.3. The van der Waals surface area contributed by atoms with Gasteiger partial charge in [-0.1, -0.05) is 12.1 Å². The van der Waals surface area contributed by atoms with Crippen LogP contribution in [0.15, 0.2) is 29.2 Å². The van der Waals surface area contributed by atoms with Crippen LogP contribution in [-0.4, -0.2) is 56.7 Å². The molecule has 1 saturated heterocycles. The number of carbonyl (C=O) groups excluding carboxylic acids is 2. The number of hydrogen-bond acceptors (Lipinski definition) is 5. The number of sulfone groups is 1. The first-order valence-electron chi connectivity index (χ1n) is 9.09. The SMILES string of the molecule is NC(=O)[C@@H]1C[C@@H](S(=O)(=O)c2ccccc2C(F)(F)F)C[C@H]1C(=O)N1CCOCC1. The Bertz CT molecular complexity index is 897. The third-order valence-corrected chi connectivity index (χ3v) is 7.69. The molecule has 1 heterocycles. The average Bonchev–Trinajstić information content (AvgIpc) is 3.14. The van der Waals surface area contributed by atoms with Gasteiger partial charge in [0, 0.05) is 13.1 Å². The quantitative estimate of drug-likeness (QED) is 0.767. The van der Waals surface area contributed by atoms with E-state index in [4.69, 9.17) is 10.5 Å². The van der Waals surface area contributed by atoms with Gasteiger partial charge in [-0.05, 0) is 25.0 Å². The summed E-state index contributed by atoms with van der Waals surface area (Å²) >= 11 is 0. The molecular weight excluding hydrogens is 413 g/mol. The number of ether oxygens (including phenoxy) is 1. The fourth-order valence-electron chi connectivity index (χ4n) is 3.98. The van der Waals surface area contributed by atoms with E-state index in [1.807, 2.05) is 0 Å². The molecule has 0 unspecified atom stereocenters. The predicted molar refractivity (Wildman–Crippen MR) is 95.2 cm³/mol. The fraction of sp³-hybridized carbons (Fsp3) is 0.556. The maximum atomic E-state index is 13.3. The Hall–Kier alpha value is -2.14. The molecule has 0 radical (unpaired) electrons. The molecule has 1 saturated carbocycles. The van der Waals surface area contributed by atoms with Gasteiger partial charge in [-0.15, -0.1) is 0 Å².